The van der Waals surface area contributed by atoms with Crippen LogP contribution in [0.3, 0.4) is 0 Å². The Kier molecular flexibility index (Phi) is 4.00. The molecule has 0 N–H and O–H groups in total. The Hall–Kier alpha value is -0.0400. The highest BCUT2D eigenvalue weighted by molar-refractivity contribution is 4.88. The highest BCUT2D eigenvalue weighted by Gasteiger charge is 2.39. The minimum Gasteiger partial charge on any atom is -0.375 e. The Morgan fingerprint density at radius 2 is 2.00 bits per heavy atom. The van der Waals surface area contributed by atoms with Crippen molar-refractivity contribution in [2.45, 2.75) is 59.5 Å². The van der Waals surface area contributed by atoms with E-state index in [0.717, 1.165) is 30.8 Å². The maximum atomic E-state index is 6.09. The molecule has 0 radical (unpaired) electrons. The van der Waals surface area contributed by atoms with E-state index in [-0.39, 0.29) is 5.60 Å². The second-order valence-electron chi connectivity index (χ2n) is 5.32. The van der Waals surface area contributed by atoms with E-state index < -0.39 is 0 Å². The minimum absolute atomic E-state index is 0.153. The van der Waals surface area contributed by atoms with E-state index in [1.54, 1.807) is 0 Å². The standard InChI is InChI=1S/C13H26O/c1-6-12-8-11(10(3)4)9-14-13(12,5)7-2/h10-12H,6-9H2,1-5H3. The first kappa shape index (κ1) is 12.0. The van der Waals surface area contributed by atoms with E-state index in [4.69, 9.17) is 4.74 Å². The third-order valence-corrected chi connectivity index (χ3v) is 4.22. The van der Waals surface area contributed by atoms with Gasteiger partial charge < -0.3 is 4.74 Å². The molecule has 0 aromatic rings. The molecule has 3 unspecified atom stereocenters. The van der Waals surface area contributed by atoms with E-state index in [1.807, 2.05) is 0 Å². The molecule has 1 heteroatoms. The van der Waals surface area contributed by atoms with E-state index in [9.17, 15) is 0 Å². The van der Waals surface area contributed by atoms with Crippen LogP contribution in [0.2, 0.25) is 0 Å². The number of hydrogen-bond acceptors (Lipinski definition) is 1. The number of ether oxygens (including phenoxy) is 1. The van der Waals surface area contributed by atoms with Crippen LogP contribution < -0.4 is 0 Å². The highest BCUT2D eigenvalue weighted by Crippen LogP contribution is 2.40. The predicted octanol–water partition coefficient (Wildman–Crippen LogP) is 3.87. The summed E-state index contributed by atoms with van der Waals surface area (Å²) in [5.41, 5.74) is 0.153. The lowest BCUT2D eigenvalue weighted by Crippen LogP contribution is -2.45. The Morgan fingerprint density at radius 3 is 2.43 bits per heavy atom. The van der Waals surface area contributed by atoms with Gasteiger partial charge in [0.2, 0.25) is 0 Å². The molecule has 1 aliphatic rings. The third kappa shape index (κ3) is 2.31. The van der Waals surface area contributed by atoms with Crippen LogP contribution in [0.15, 0.2) is 0 Å². The Balaban J connectivity index is 2.64. The van der Waals surface area contributed by atoms with Crippen LogP contribution in [0.25, 0.3) is 0 Å². The molecule has 1 heterocycles. The first-order valence-electron chi connectivity index (χ1n) is 6.17. The topological polar surface area (TPSA) is 9.23 Å². The van der Waals surface area contributed by atoms with Crippen molar-refractivity contribution in [3.05, 3.63) is 0 Å². The van der Waals surface area contributed by atoms with Crippen molar-refractivity contribution in [1.29, 1.82) is 0 Å². The Labute approximate surface area is 89.2 Å². The molecule has 0 amide bonds. The van der Waals surface area contributed by atoms with Gasteiger partial charge in [-0.15, -0.1) is 0 Å². The van der Waals surface area contributed by atoms with Crippen LogP contribution in [0.5, 0.6) is 0 Å². The average Bonchev–Trinajstić information content (AvgIpc) is 2.18. The van der Waals surface area contributed by atoms with Crippen molar-refractivity contribution in [3.63, 3.8) is 0 Å². The highest BCUT2D eigenvalue weighted by atomic mass is 16.5. The molecule has 1 nitrogen and oxygen atoms in total. The van der Waals surface area contributed by atoms with Crippen molar-refractivity contribution >= 4 is 0 Å². The predicted molar refractivity (Wildman–Crippen MR) is 61.4 cm³/mol. The largest absolute Gasteiger partial charge is 0.375 e. The van der Waals surface area contributed by atoms with Gasteiger partial charge in [-0.2, -0.15) is 0 Å². The van der Waals surface area contributed by atoms with Crippen molar-refractivity contribution in [2.24, 2.45) is 17.8 Å². The summed E-state index contributed by atoms with van der Waals surface area (Å²) in [6, 6.07) is 0. The van der Waals surface area contributed by atoms with Gasteiger partial charge in [0.15, 0.2) is 0 Å². The van der Waals surface area contributed by atoms with Crippen molar-refractivity contribution in [2.75, 3.05) is 6.61 Å². The summed E-state index contributed by atoms with van der Waals surface area (Å²) in [6.45, 7) is 12.4. The summed E-state index contributed by atoms with van der Waals surface area (Å²) in [7, 11) is 0. The summed E-state index contributed by atoms with van der Waals surface area (Å²) in [6.07, 6.45) is 3.77. The zero-order valence-corrected chi connectivity index (χ0v) is 10.5. The van der Waals surface area contributed by atoms with Crippen molar-refractivity contribution < 1.29 is 4.74 Å². The van der Waals surface area contributed by atoms with Gasteiger partial charge in [-0.3, -0.25) is 0 Å². The van der Waals surface area contributed by atoms with Gasteiger partial charge in [0, 0.05) is 0 Å². The molecule has 1 rings (SSSR count). The molecule has 1 saturated heterocycles. The van der Waals surface area contributed by atoms with Crippen molar-refractivity contribution in [3.8, 4) is 0 Å². The maximum Gasteiger partial charge on any atom is 0.0680 e. The lowest BCUT2D eigenvalue weighted by molar-refractivity contribution is -0.139. The fourth-order valence-electron chi connectivity index (χ4n) is 2.55. The SMILES string of the molecule is CCC1CC(C(C)C)COC1(C)CC. The molecule has 3 atom stereocenters. The van der Waals surface area contributed by atoms with Crippen LogP contribution in [0, 0.1) is 17.8 Å². The number of rotatable bonds is 3. The zero-order valence-electron chi connectivity index (χ0n) is 10.5. The van der Waals surface area contributed by atoms with Gasteiger partial charge in [0.05, 0.1) is 12.2 Å². The third-order valence-electron chi connectivity index (χ3n) is 4.22. The zero-order chi connectivity index (χ0) is 10.8. The minimum atomic E-state index is 0.153. The molecule has 84 valence electrons. The average molecular weight is 198 g/mol. The molecule has 0 bridgehead atoms. The van der Waals surface area contributed by atoms with Crippen LogP contribution >= 0.6 is 0 Å². The second-order valence-corrected chi connectivity index (χ2v) is 5.32. The van der Waals surface area contributed by atoms with Gasteiger partial charge in [-0.05, 0) is 37.5 Å². The summed E-state index contributed by atoms with van der Waals surface area (Å²) >= 11 is 0. The van der Waals surface area contributed by atoms with Gasteiger partial charge >= 0.3 is 0 Å². The van der Waals surface area contributed by atoms with E-state index in [2.05, 4.69) is 34.6 Å². The van der Waals surface area contributed by atoms with Gasteiger partial charge in [-0.25, -0.2) is 0 Å². The lowest BCUT2D eigenvalue weighted by Gasteiger charge is -2.45. The van der Waals surface area contributed by atoms with Crippen LogP contribution in [0.1, 0.15) is 53.9 Å². The summed E-state index contributed by atoms with van der Waals surface area (Å²) < 4.78 is 6.09. The molecule has 0 aliphatic carbocycles. The van der Waals surface area contributed by atoms with Crippen LogP contribution in [0.4, 0.5) is 0 Å². The molecular weight excluding hydrogens is 172 g/mol. The van der Waals surface area contributed by atoms with E-state index in [1.165, 1.54) is 12.8 Å². The summed E-state index contributed by atoms with van der Waals surface area (Å²) in [4.78, 5) is 0. The van der Waals surface area contributed by atoms with Gasteiger partial charge in [0.25, 0.3) is 0 Å². The molecule has 0 saturated carbocycles. The molecule has 1 aliphatic heterocycles. The quantitative estimate of drug-likeness (QED) is 0.669. The van der Waals surface area contributed by atoms with Crippen LogP contribution in [-0.2, 0) is 4.74 Å². The molecule has 14 heavy (non-hydrogen) atoms. The summed E-state index contributed by atoms with van der Waals surface area (Å²) in [5, 5.41) is 0. The van der Waals surface area contributed by atoms with Gasteiger partial charge in [-0.1, -0.05) is 34.1 Å². The molecule has 0 aromatic heterocycles. The normalized spacial score (nSPS) is 39.0. The number of hydrogen-bond donors (Lipinski definition) is 0. The maximum absolute atomic E-state index is 6.09. The molecule has 0 aromatic carbocycles. The first-order chi connectivity index (χ1) is 6.53. The molecule has 0 spiro atoms. The van der Waals surface area contributed by atoms with Gasteiger partial charge in [0.1, 0.15) is 0 Å². The first-order valence-corrected chi connectivity index (χ1v) is 6.17. The lowest BCUT2D eigenvalue weighted by atomic mass is 9.74. The van der Waals surface area contributed by atoms with Crippen molar-refractivity contribution in [1.82, 2.24) is 0 Å². The summed E-state index contributed by atoms with van der Waals surface area (Å²) in [5.74, 6) is 2.30. The van der Waals surface area contributed by atoms with E-state index >= 15 is 0 Å². The molecule has 1 fully saturated rings. The monoisotopic (exact) mass is 198 g/mol. The second kappa shape index (κ2) is 4.65. The fourth-order valence-corrected chi connectivity index (χ4v) is 2.55. The Morgan fingerprint density at radius 1 is 1.36 bits per heavy atom. The van der Waals surface area contributed by atoms with E-state index in [0.29, 0.717) is 0 Å². The smallest absolute Gasteiger partial charge is 0.0680 e. The Bertz CT molecular complexity index is 176. The fraction of sp³-hybridized carbons (Fsp3) is 1.00. The van der Waals surface area contributed by atoms with Crippen LogP contribution in [-0.4, -0.2) is 12.2 Å². The molecular formula is C13H26O.